The van der Waals surface area contributed by atoms with E-state index in [1.165, 1.54) is 16.6 Å². The Morgan fingerprint density at radius 2 is 1.91 bits per heavy atom. The third-order valence-electron chi connectivity index (χ3n) is 4.30. The van der Waals surface area contributed by atoms with Crippen LogP contribution in [0.15, 0.2) is 48.5 Å². The first-order valence-electron chi connectivity index (χ1n) is 7.71. The van der Waals surface area contributed by atoms with E-state index in [9.17, 15) is 4.79 Å². The summed E-state index contributed by atoms with van der Waals surface area (Å²) in [5.41, 5.74) is 11.1. The number of nitrogens with one attached hydrogen (secondary N) is 2. The second-order valence-corrected chi connectivity index (χ2v) is 5.88. The maximum absolute atomic E-state index is 11.7. The molecule has 4 heteroatoms. The van der Waals surface area contributed by atoms with E-state index in [1.54, 1.807) is 0 Å². The first kappa shape index (κ1) is 15.3. The van der Waals surface area contributed by atoms with Crippen molar-refractivity contribution in [2.75, 3.05) is 0 Å². The summed E-state index contributed by atoms with van der Waals surface area (Å²) in [6, 6.07) is 15.4. The maximum Gasteiger partial charge on any atom is 0.239 e. The summed E-state index contributed by atoms with van der Waals surface area (Å²) in [5.74, 6) is -0.369. The first-order chi connectivity index (χ1) is 11.1. The highest BCUT2D eigenvalue weighted by atomic mass is 16.1. The van der Waals surface area contributed by atoms with Gasteiger partial charge in [0.15, 0.2) is 0 Å². The molecule has 1 aromatic heterocycles. The molecule has 4 nitrogen and oxygen atoms in total. The number of fused-ring (bicyclic) bond motifs is 1. The molecule has 4 N–H and O–H groups in total. The molecule has 2 aromatic carbocycles. The van der Waals surface area contributed by atoms with Gasteiger partial charge in [0, 0.05) is 23.1 Å². The molecule has 0 saturated heterocycles. The topological polar surface area (TPSA) is 70.9 Å². The van der Waals surface area contributed by atoms with Gasteiger partial charge in [-0.15, -0.1) is 0 Å². The van der Waals surface area contributed by atoms with Gasteiger partial charge in [-0.1, -0.05) is 36.4 Å². The number of rotatable bonds is 5. The molecule has 3 rings (SSSR count). The van der Waals surface area contributed by atoms with Crippen molar-refractivity contribution in [1.82, 2.24) is 10.3 Å². The van der Waals surface area contributed by atoms with Gasteiger partial charge in [-0.3, -0.25) is 10.1 Å². The number of hydrogen-bond acceptors (Lipinski definition) is 2. The molecular weight excluding hydrogens is 286 g/mol. The molecule has 1 heterocycles. The molecule has 0 aliphatic carbocycles. The summed E-state index contributed by atoms with van der Waals surface area (Å²) in [4.78, 5) is 15.1. The number of nitrogens with two attached hydrogens (primary N) is 1. The van der Waals surface area contributed by atoms with Crippen molar-refractivity contribution in [2.24, 2.45) is 5.73 Å². The standard InChI is InChI=1S/C19H21N3O/c1-12-13(2)22-17-9-8-14(10-16(12)17)11-21-18(19(20)23)15-6-4-3-5-7-15/h3-10,18,21-22H,11H2,1-2H3,(H2,20,23)/t18-/m0/s1. The lowest BCUT2D eigenvalue weighted by atomic mass is 10.1. The molecule has 1 amide bonds. The average Bonchev–Trinajstić information content (AvgIpc) is 2.83. The number of carbonyl (C=O) groups is 1. The molecule has 0 aliphatic rings. The van der Waals surface area contributed by atoms with E-state index in [0.717, 1.165) is 16.6 Å². The summed E-state index contributed by atoms with van der Waals surface area (Å²) in [6.45, 7) is 4.77. The Morgan fingerprint density at radius 1 is 1.17 bits per heavy atom. The molecule has 0 fully saturated rings. The predicted molar refractivity (Wildman–Crippen MR) is 93.0 cm³/mol. The Bertz CT molecular complexity index is 836. The fourth-order valence-corrected chi connectivity index (χ4v) is 2.87. The van der Waals surface area contributed by atoms with Gasteiger partial charge in [-0.25, -0.2) is 0 Å². The smallest absolute Gasteiger partial charge is 0.239 e. The van der Waals surface area contributed by atoms with Gasteiger partial charge in [0.1, 0.15) is 6.04 Å². The number of primary amides is 1. The van der Waals surface area contributed by atoms with Crippen molar-refractivity contribution in [3.05, 3.63) is 70.9 Å². The lowest BCUT2D eigenvalue weighted by molar-refractivity contribution is -0.120. The van der Waals surface area contributed by atoms with Crippen molar-refractivity contribution in [3.63, 3.8) is 0 Å². The number of benzene rings is 2. The third kappa shape index (κ3) is 3.12. The molecule has 23 heavy (non-hydrogen) atoms. The van der Waals surface area contributed by atoms with Crippen LogP contribution in [0.3, 0.4) is 0 Å². The van der Waals surface area contributed by atoms with E-state index >= 15 is 0 Å². The van der Waals surface area contributed by atoms with Gasteiger partial charge < -0.3 is 10.7 Å². The lowest BCUT2D eigenvalue weighted by Gasteiger charge is -2.16. The average molecular weight is 307 g/mol. The summed E-state index contributed by atoms with van der Waals surface area (Å²) < 4.78 is 0. The highest BCUT2D eigenvalue weighted by Gasteiger charge is 2.16. The van der Waals surface area contributed by atoms with Crippen LogP contribution in [0.2, 0.25) is 0 Å². The molecule has 0 unspecified atom stereocenters. The quantitative estimate of drug-likeness (QED) is 0.678. The van der Waals surface area contributed by atoms with Gasteiger partial charge in [-0.05, 0) is 42.7 Å². The number of amides is 1. The highest BCUT2D eigenvalue weighted by Crippen LogP contribution is 2.23. The molecular formula is C19H21N3O. The van der Waals surface area contributed by atoms with Gasteiger partial charge in [-0.2, -0.15) is 0 Å². The van der Waals surface area contributed by atoms with Crippen molar-refractivity contribution < 1.29 is 4.79 Å². The second kappa shape index (κ2) is 6.26. The number of hydrogen-bond donors (Lipinski definition) is 3. The second-order valence-electron chi connectivity index (χ2n) is 5.88. The lowest BCUT2D eigenvalue weighted by Crippen LogP contribution is -2.33. The van der Waals surface area contributed by atoms with Crippen LogP contribution in [-0.2, 0) is 11.3 Å². The summed E-state index contributed by atoms with van der Waals surface area (Å²) >= 11 is 0. The largest absolute Gasteiger partial charge is 0.368 e. The normalized spacial score (nSPS) is 12.4. The molecule has 3 aromatic rings. The van der Waals surface area contributed by atoms with Crippen LogP contribution in [0.4, 0.5) is 0 Å². The number of aryl methyl sites for hydroxylation is 2. The summed E-state index contributed by atoms with van der Waals surface area (Å²) in [5, 5.41) is 4.48. The minimum atomic E-state index is -0.485. The van der Waals surface area contributed by atoms with Gasteiger partial charge in [0.25, 0.3) is 0 Å². The van der Waals surface area contributed by atoms with Gasteiger partial charge >= 0.3 is 0 Å². The zero-order valence-corrected chi connectivity index (χ0v) is 13.4. The molecule has 0 radical (unpaired) electrons. The Balaban J connectivity index is 1.81. The first-order valence-corrected chi connectivity index (χ1v) is 7.71. The molecule has 0 spiro atoms. The minimum absolute atomic E-state index is 0.369. The van der Waals surface area contributed by atoms with Crippen LogP contribution in [0, 0.1) is 13.8 Å². The Hall–Kier alpha value is -2.59. The van der Waals surface area contributed by atoms with E-state index < -0.39 is 6.04 Å². The Kier molecular flexibility index (Phi) is 4.17. The van der Waals surface area contributed by atoms with Crippen molar-refractivity contribution >= 4 is 16.8 Å². The van der Waals surface area contributed by atoms with Crippen molar-refractivity contribution in [1.29, 1.82) is 0 Å². The molecule has 0 saturated carbocycles. The molecule has 0 aliphatic heterocycles. The van der Waals surface area contributed by atoms with Crippen LogP contribution < -0.4 is 11.1 Å². The molecule has 1 atom stereocenters. The number of aromatic nitrogens is 1. The molecule has 0 bridgehead atoms. The van der Waals surface area contributed by atoms with Crippen molar-refractivity contribution in [3.8, 4) is 0 Å². The van der Waals surface area contributed by atoms with E-state index in [-0.39, 0.29) is 5.91 Å². The van der Waals surface area contributed by atoms with Gasteiger partial charge in [0.2, 0.25) is 5.91 Å². The van der Waals surface area contributed by atoms with E-state index in [1.807, 2.05) is 30.3 Å². The van der Waals surface area contributed by atoms with E-state index in [2.05, 4.69) is 42.3 Å². The van der Waals surface area contributed by atoms with E-state index in [0.29, 0.717) is 6.54 Å². The van der Waals surface area contributed by atoms with Crippen LogP contribution in [0.1, 0.15) is 28.4 Å². The summed E-state index contributed by atoms with van der Waals surface area (Å²) in [7, 11) is 0. The number of H-pyrrole nitrogens is 1. The van der Waals surface area contributed by atoms with Crippen LogP contribution in [0.5, 0.6) is 0 Å². The third-order valence-corrected chi connectivity index (χ3v) is 4.30. The number of carbonyl (C=O) groups excluding carboxylic acids is 1. The fourth-order valence-electron chi connectivity index (χ4n) is 2.87. The Morgan fingerprint density at radius 3 is 2.61 bits per heavy atom. The van der Waals surface area contributed by atoms with Crippen LogP contribution >= 0.6 is 0 Å². The zero-order chi connectivity index (χ0) is 16.4. The zero-order valence-electron chi connectivity index (χ0n) is 13.4. The number of aromatic amines is 1. The Labute approximate surface area is 135 Å². The SMILES string of the molecule is Cc1[nH]c2ccc(CN[C@H](C(N)=O)c3ccccc3)cc2c1C. The predicted octanol–water partition coefficient (Wildman–Crippen LogP) is 3.10. The monoisotopic (exact) mass is 307 g/mol. The van der Waals surface area contributed by atoms with Crippen molar-refractivity contribution in [2.45, 2.75) is 26.4 Å². The highest BCUT2D eigenvalue weighted by molar-refractivity contribution is 5.85. The van der Waals surface area contributed by atoms with Gasteiger partial charge in [0.05, 0.1) is 0 Å². The van der Waals surface area contributed by atoms with Crippen LogP contribution in [0.25, 0.3) is 10.9 Å². The maximum atomic E-state index is 11.7. The minimum Gasteiger partial charge on any atom is -0.368 e. The molecule has 118 valence electrons. The summed E-state index contributed by atoms with van der Waals surface area (Å²) in [6.07, 6.45) is 0. The fraction of sp³-hybridized carbons (Fsp3) is 0.211. The van der Waals surface area contributed by atoms with Crippen LogP contribution in [-0.4, -0.2) is 10.9 Å². The van der Waals surface area contributed by atoms with E-state index in [4.69, 9.17) is 5.73 Å².